The van der Waals surface area contributed by atoms with Crippen LogP contribution in [0.5, 0.6) is 5.75 Å². The molecule has 27 heavy (non-hydrogen) atoms. The molecule has 1 fully saturated rings. The highest BCUT2D eigenvalue weighted by Gasteiger charge is 2.28. The highest BCUT2D eigenvalue weighted by atomic mass is 19.3. The molecule has 1 aliphatic rings. The fourth-order valence-electron chi connectivity index (χ4n) is 3.49. The summed E-state index contributed by atoms with van der Waals surface area (Å²) in [5.41, 5.74) is 0.952. The van der Waals surface area contributed by atoms with E-state index in [2.05, 4.69) is 14.9 Å². The molecule has 0 atom stereocenters. The molecule has 0 N–H and O–H groups in total. The number of hydrogen-bond acceptors (Lipinski definition) is 4. The third kappa shape index (κ3) is 3.47. The van der Waals surface area contributed by atoms with E-state index in [-0.39, 0.29) is 23.1 Å². The number of carbonyl (C=O) groups excluding carboxylic acids is 1. The van der Waals surface area contributed by atoms with Crippen molar-refractivity contribution in [2.24, 2.45) is 0 Å². The van der Waals surface area contributed by atoms with Crippen molar-refractivity contribution in [3.63, 3.8) is 0 Å². The number of amides is 1. The molecule has 1 saturated heterocycles. The molecule has 0 radical (unpaired) electrons. The molecular formula is C19H18F2N4O2. The van der Waals surface area contributed by atoms with E-state index < -0.39 is 6.61 Å². The second-order valence-electron chi connectivity index (χ2n) is 6.43. The number of rotatable bonds is 4. The predicted octanol–water partition coefficient (Wildman–Crippen LogP) is 3.35. The first kappa shape index (κ1) is 17.4. The molecule has 6 nitrogen and oxygen atoms in total. The standard InChI is InChI=1S/C19H18F2N4O2/c20-19(21)27-15-6-2-1-5-14(15)18(26)24-11-8-13(9-12-24)17-23-22-16-7-3-4-10-25(16)17/h1-7,10,13,19H,8-9,11-12H2. The molecule has 4 rings (SSSR count). The average molecular weight is 372 g/mol. The first-order valence-electron chi connectivity index (χ1n) is 8.76. The minimum Gasteiger partial charge on any atom is -0.434 e. The Kier molecular flexibility index (Phi) is 4.70. The number of carbonyl (C=O) groups is 1. The van der Waals surface area contributed by atoms with Gasteiger partial charge in [0.2, 0.25) is 0 Å². The summed E-state index contributed by atoms with van der Waals surface area (Å²) in [5.74, 6) is 0.692. The summed E-state index contributed by atoms with van der Waals surface area (Å²) in [6.45, 7) is -1.92. The lowest BCUT2D eigenvalue weighted by molar-refractivity contribution is -0.0503. The van der Waals surface area contributed by atoms with Crippen molar-refractivity contribution >= 4 is 11.6 Å². The van der Waals surface area contributed by atoms with Crippen LogP contribution in [0.3, 0.4) is 0 Å². The van der Waals surface area contributed by atoms with Gasteiger partial charge in [-0.3, -0.25) is 9.20 Å². The molecular weight excluding hydrogens is 354 g/mol. The van der Waals surface area contributed by atoms with Crippen LogP contribution in [0.1, 0.15) is 34.9 Å². The van der Waals surface area contributed by atoms with Gasteiger partial charge in [0.1, 0.15) is 11.6 Å². The zero-order valence-corrected chi connectivity index (χ0v) is 14.5. The summed E-state index contributed by atoms with van der Waals surface area (Å²) < 4.78 is 31.6. The van der Waals surface area contributed by atoms with Crippen LogP contribution in [0, 0.1) is 0 Å². The fourth-order valence-corrected chi connectivity index (χ4v) is 3.49. The van der Waals surface area contributed by atoms with Gasteiger partial charge in [0.25, 0.3) is 5.91 Å². The summed E-state index contributed by atoms with van der Waals surface area (Å²) in [6.07, 6.45) is 3.40. The molecule has 0 saturated carbocycles. The minimum atomic E-state index is -2.97. The maximum Gasteiger partial charge on any atom is 0.387 e. The van der Waals surface area contributed by atoms with Crippen LogP contribution in [0.2, 0.25) is 0 Å². The van der Waals surface area contributed by atoms with Crippen molar-refractivity contribution in [1.82, 2.24) is 19.5 Å². The normalized spacial score (nSPS) is 15.4. The Morgan fingerprint density at radius 2 is 1.81 bits per heavy atom. The van der Waals surface area contributed by atoms with Crippen LogP contribution < -0.4 is 4.74 Å². The van der Waals surface area contributed by atoms with Crippen LogP contribution in [0.25, 0.3) is 5.65 Å². The number of halogens is 2. The molecule has 3 aromatic rings. The SMILES string of the molecule is O=C(c1ccccc1OC(F)F)N1CCC(c2nnc3ccccn23)CC1. The maximum absolute atomic E-state index is 12.8. The quantitative estimate of drug-likeness (QED) is 0.705. The molecule has 1 aliphatic heterocycles. The molecule has 0 unspecified atom stereocenters. The number of alkyl halides is 2. The largest absolute Gasteiger partial charge is 0.434 e. The Hall–Kier alpha value is -3.03. The van der Waals surface area contributed by atoms with E-state index in [0.29, 0.717) is 13.1 Å². The van der Waals surface area contributed by atoms with Crippen molar-refractivity contribution < 1.29 is 18.3 Å². The van der Waals surface area contributed by atoms with E-state index in [1.54, 1.807) is 17.0 Å². The summed E-state index contributed by atoms with van der Waals surface area (Å²) in [5, 5.41) is 8.48. The monoisotopic (exact) mass is 372 g/mol. The number of hydrogen-bond donors (Lipinski definition) is 0. The summed E-state index contributed by atoms with van der Waals surface area (Å²) in [4.78, 5) is 14.4. The summed E-state index contributed by atoms with van der Waals surface area (Å²) in [6, 6.07) is 11.8. The van der Waals surface area contributed by atoms with Crippen molar-refractivity contribution in [1.29, 1.82) is 0 Å². The lowest BCUT2D eigenvalue weighted by Crippen LogP contribution is -2.38. The van der Waals surface area contributed by atoms with Gasteiger partial charge in [-0.05, 0) is 37.1 Å². The fraction of sp³-hybridized carbons (Fsp3) is 0.316. The van der Waals surface area contributed by atoms with Gasteiger partial charge >= 0.3 is 6.61 Å². The van der Waals surface area contributed by atoms with Gasteiger partial charge in [0, 0.05) is 25.2 Å². The number of ether oxygens (including phenoxy) is 1. The van der Waals surface area contributed by atoms with E-state index in [1.807, 2.05) is 28.8 Å². The van der Waals surface area contributed by atoms with Crippen LogP contribution in [0.15, 0.2) is 48.7 Å². The van der Waals surface area contributed by atoms with Crippen molar-refractivity contribution in [3.8, 4) is 5.75 Å². The maximum atomic E-state index is 12.8. The molecule has 140 valence electrons. The molecule has 8 heteroatoms. The van der Waals surface area contributed by atoms with Gasteiger partial charge in [-0.1, -0.05) is 18.2 Å². The van der Waals surface area contributed by atoms with Crippen LogP contribution in [0.4, 0.5) is 8.78 Å². The Morgan fingerprint density at radius 1 is 1.07 bits per heavy atom. The third-order valence-electron chi connectivity index (χ3n) is 4.82. The number of nitrogens with zero attached hydrogens (tertiary/aromatic N) is 4. The second kappa shape index (κ2) is 7.30. The van der Waals surface area contributed by atoms with Crippen molar-refractivity contribution in [2.75, 3.05) is 13.1 Å². The Balaban J connectivity index is 1.47. The van der Waals surface area contributed by atoms with Gasteiger partial charge in [-0.15, -0.1) is 10.2 Å². The van der Waals surface area contributed by atoms with Gasteiger partial charge in [0.15, 0.2) is 5.65 Å². The number of fused-ring (bicyclic) bond motifs is 1. The Labute approximate surface area is 154 Å². The summed E-state index contributed by atoms with van der Waals surface area (Å²) >= 11 is 0. The highest BCUT2D eigenvalue weighted by Crippen LogP contribution is 2.29. The molecule has 2 aromatic heterocycles. The van der Waals surface area contributed by atoms with E-state index in [1.165, 1.54) is 12.1 Å². The van der Waals surface area contributed by atoms with E-state index in [0.717, 1.165) is 24.3 Å². The molecule has 3 heterocycles. The van der Waals surface area contributed by atoms with Crippen LogP contribution in [-0.2, 0) is 0 Å². The number of likely N-dealkylation sites (tertiary alicyclic amines) is 1. The number of benzene rings is 1. The van der Waals surface area contributed by atoms with Crippen LogP contribution in [-0.4, -0.2) is 45.1 Å². The first-order chi connectivity index (χ1) is 13.1. The lowest BCUT2D eigenvalue weighted by atomic mass is 9.95. The van der Waals surface area contributed by atoms with E-state index >= 15 is 0 Å². The number of para-hydroxylation sites is 1. The second-order valence-corrected chi connectivity index (χ2v) is 6.43. The zero-order chi connectivity index (χ0) is 18.8. The molecule has 1 amide bonds. The molecule has 0 aliphatic carbocycles. The lowest BCUT2D eigenvalue weighted by Gasteiger charge is -2.31. The van der Waals surface area contributed by atoms with E-state index in [4.69, 9.17) is 0 Å². The first-order valence-corrected chi connectivity index (χ1v) is 8.76. The molecule has 0 spiro atoms. The van der Waals surface area contributed by atoms with E-state index in [9.17, 15) is 13.6 Å². The highest BCUT2D eigenvalue weighted by molar-refractivity contribution is 5.97. The topological polar surface area (TPSA) is 59.7 Å². The zero-order valence-electron chi connectivity index (χ0n) is 14.5. The minimum absolute atomic E-state index is 0.0944. The van der Waals surface area contributed by atoms with Gasteiger partial charge in [-0.2, -0.15) is 8.78 Å². The van der Waals surface area contributed by atoms with Crippen molar-refractivity contribution in [3.05, 3.63) is 60.0 Å². The predicted molar refractivity (Wildman–Crippen MR) is 93.9 cm³/mol. The van der Waals surface area contributed by atoms with Crippen molar-refractivity contribution in [2.45, 2.75) is 25.4 Å². The molecule has 1 aromatic carbocycles. The Bertz CT molecular complexity index is 952. The van der Waals surface area contributed by atoms with Gasteiger partial charge < -0.3 is 9.64 Å². The Morgan fingerprint density at radius 3 is 2.59 bits per heavy atom. The van der Waals surface area contributed by atoms with Gasteiger partial charge in [0.05, 0.1) is 5.56 Å². The van der Waals surface area contributed by atoms with Crippen LogP contribution >= 0.6 is 0 Å². The van der Waals surface area contributed by atoms with Gasteiger partial charge in [-0.25, -0.2) is 0 Å². The third-order valence-corrected chi connectivity index (χ3v) is 4.82. The molecule has 0 bridgehead atoms. The number of aromatic nitrogens is 3. The number of pyridine rings is 1. The number of piperidine rings is 1. The summed E-state index contributed by atoms with van der Waals surface area (Å²) in [7, 11) is 0. The average Bonchev–Trinajstić information content (AvgIpc) is 3.12. The smallest absolute Gasteiger partial charge is 0.387 e.